The molecule has 30 heavy (non-hydrogen) atoms. The average molecular weight is 449 g/mol. The van der Waals surface area contributed by atoms with E-state index in [0.717, 1.165) is 17.5 Å². The summed E-state index contributed by atoms with van der Waals surface area (Å²) in [5.74, 6) is -0.274. The summed E-state index contributed by atoms with van der Waals surface area (Å²) in [6, 6.07) is 12.5. The van der Waals surface area contributed by atoms with Gasteiger partial charge in [0, 0.05) is 22.6 Å². The van der Waals surface area contributed by atoms with Gasteiger partial charge in [0.25, 0.3) is 0 Å². The second-order valence-electron chi connectivity index (χ2n) is 7.60. The highest BCUT2D eigenvalue weighted by atomic mass is 35.5. The second kappa shape index (κ2) is 11.4. The van der Waals surface area contributed by atoms with Crippen molar-refractivity contribution in [3.05, 3.63) is 69.2 Å². The van der Waals surface area contributed by atoms with Crippen LogP contribution in [0.5, 0.6) is 0 Å². The Bertz CT molecular complexity index is 885. The van der Waals surface area contributed by atoms with Crippen LogP contribution >= 0.6 is 23.2 Å². The van der Waals surface area contributed by atoms with Gasteiger partial charge in [-0.15, -0.1) is 0 Å². The summed E-state index contributed by atoms with van der Waals surface area (Å²) in [5, 5.41) is 3.99. The molecule has 162 valence electrons. The summed E-state index contributed by atoms with van der Waals surface area (Å²) in [4.78, 5) is 28.0. The first-order valence-electron chi connectivity index (χ1n) is 10.3. The lowest BCUT2D eigenvalue weighted by Crippen LogP contribution is -2.51. The van der Waals surface area contributed by atoms with Crippen LogP contribution < -0.4 is 5.32 Å². The molecule has 2 aromatic carbocycles. The molecule has 0 fully saturated rings. The zero-order valence-electron chi connectivity index (χ0n) is 18.0. The first kappa shape index (κ1) is 24.2. The van der Waals surface area contributed by atoms with Gasteiger partial charge in [0.15, 0.2) is 0 Å². The van der Waals surface area contributed by atoms with Crippen LogP contribution in [0.3, 0.4) is 0 Å². The monoisotopic (exact) mass is 448 g/mol. The molecule has 2 amide bonds. The summed E-state index contributed by atoms with van der Waals surface area (Å²) in [5.41, 5.74) is 2.79. The van der Waals surface area contributed by atoms with Gasteiger partial charge in [0.05, 0.1) is 6.42 Å². The number of carbonyl (C=O) groups excluding carboxylic acids is 2. The zero-order chi connectivity index (χ0) is 22.3. The van der Waals surface area contributed by atoms with E-state index in [1.54, 1.807) is 23.1 Å². The smallest absolute Gasteiger partial charge is 0.243 e. The fourth-order valence-corrected chi connectivity index (χ4v) is 3.74. The topological polar surface area (TPSA) is 49.4 Å². The minimum absolute atomic E-state index is 0.0488. The van der Waals surface area contributed by atoms with Crippen molar-refractivity contribution in [1.82, 2.24) is 10.2 Å². The molecule has 0 spiro atoms. The molecule has 2 aromatic rings. The molecule has 0 unspecified atom stereocenters. The van der Waals surface area contributed by atoms with Gasteiger partial charge in [-0.1, -0.05) is 67.4 Å². The lowest BCUT2D eigenvalue weighted by molar-refractivity contribution is -0.141. The molecular weight excluding hydrogens is 419 g/mol. The number of aryl methyl sites for hydroxylation is 1. The predicted molar refractivity (Wildman–Crippen MR) is 124 cm³/mol. The van der Waals surface area contributed by atoms with Crippen molar-refractivity contribution in [2.75, 3.05) is 0 Å². The highest BCUT2D eigenvalue weighted by Gasteiger charge is 2.29. The fourth-order valence-electron chi connectivity index (χ4n) is 3.26. The quantitative estimate of drug-likeness (QED) is 0.545. The molecule has 0 radical (unpaired) electrons. The van der Waals surface area contributed by atoms with Crippen molar-refractivity contribution < 1.29 is 9.59 Å². The number of nitrogens with zero attached hydrogens (tertiary/aromatic N) is 1. The number of rotatable bonds is 9. The maximum Gasteiger partial charge on any atom is 0.243 e. The normalized spacial score (nSPS) is 12.9. The minimum Gasteiger partial charge on any atom is -0.352 e. The molecule has 6 heteroatoms. The first-order valence-corrected chi connectivity index (χ1v) is 11.1. The largest absolute Gasteiger partial charge is 0.352 e. The van der Waals surface area contributed by atoms with Crippen LogP contribution in [0.4, 0.5) is 0 Å². The van der Waals surface area contributed by atoms with E-state index in [-0.39, 0.29) is 24.3 Å². The van der Waals surface area contributed by atoms with Crippen molar-refractivity contribution in [3.63, 3.8) is 0 Å². The Hall–Kier alpha value is -2.04. The minimum atomic E-state index is -0.558. The predicted octanol–water partition coefficient (Wildman–Crippen LogP) is 5.57. The summed E-state index contributed by atoms with van der Waals surface area (Å²) in [6.45, 7) is 8.28. The number of nitrogens with one attached hydrogen (secondary N) is 1. The maximum atomic E-state index is 13.4. The Labute approximate surface area is 189 Å². The van der Waals surface area contributed by atoms with E-state index >= 15 is 0 Å². The molecule has 0 saturated carbocycles. The molecule has 0 aliphatic rings. The fraction of sp³-hybridized carbons (Fsp3) is 0.417. The lowest BCUT2D eigenvalue weighted by Gasteiger charge is -2.32. The van der Waals surface area contributed by atoms with E-state index in [1.807, 2.05) is 52.0 Å². The van der Waals surface area contributed by atoms with Crippen molar-refractivity contribution in [2.24, 2.45) is 0 Å². The summed E-state index contributed by atoms with van der Waals surface area (Å²) >= 11 is 12.3. The van der Waals surface area contributed by atoms with Crippen molar-refractivity contribution in [3.8, 4) is 0 Å². The van der Waals surface area contributed by atoms with Crippen molar-refractivity contribution in [2.45, 2.75) is 65.6 Å². The molecule has 0 aliphatic heterocycles. The molecule has 0 heterocycles. The van der Waals surface area contributed by atoms with Crippen molar-refractivity contribution >= 4 is 35.0 Å². The third-order valence-corrected chi connectivity index (χ3v) is 5.93. The van der Waals surface area contributed by atoms with E-state index in [2.05, 4.69) is 5.32 Å². The third kappa shape index (κ3) is 6.48. The Morgan fingerprint density at radius 1 is 1.03 bits per heavy atom. The van der Waals surface area contributed by atoms with Gasteiger partial charge in [-0.2, -0.15) is 0 Å². The van der Waals surface area contributed by atoms with E-state index in [1.165, 1.54) is 0 Å². The van der Waals surface area contributed by atoms with Gasteiger partial charge in [-0.3, -0.25) is 9.59 Å². The average Bonchev–Trinajstić information content (AvgIpc) is 2.71. The van der Waals surface area contributed by atoms with Gasteiger partial charge in [0.2, 0.25) is 11.8 Å². The van der Waals surface area contributed by atoms with E-state index in [9.17, 15) is 9.59 Å². The van der Waals surface area contributed by atoms with Crippen LogP contribution in [0.15, 0.2) is 42.5 Å². The van der Waals surface area contributed by atoms with Crippen molar-refractivity contribution in [1.29, 1.82) is 0 Å². The van der Waals surface area contributed by atoms with Gasteiger partial charge in [0.1, 0.15) is 6.04 Å². The molecule has 0 saturated heterocycles. The molecule has 4 nitrogen and oxygen atoms in total. The highest BCUT2D eigenvalue weighted by molar-refractivity contribution is 6.35. The summed E-state index contributed by atoms with van der Waals surface area (Å²) in [7, 11) is 0. The van der Waals surface area contributed by atoms with E-state index in [4.69, 9.17) is 23.2 Å². The number of carbonyl (C=O) groups is 2. The first-order chi connectivity index (χ1) is 14.3. The number of hydrogen-bond acceptors (Lipinski definition) is 2. The number of amides is 2. The van der Waals surface area contributed by atoms with Gasteiger partial charge >= 0.3 is 0 Å². The highest BCUT2D eigenvalue weighted by Crippen LogP contribution is 2.23. The van der Waals surface area contributed by atoms with Crippen LogP contribution in [0.25, 0.3) is 0 Å². The van der Waals surface area contributed by atoms with Crippen LogP contribution in [0.2, 0.25) is 10.0 Å². The van der Waals surface area contributed by atoms with Crippen LogP contribution in [-0.4, -0.2) is 28.8 Å². The second-order valence-corrected chi connectivity index (χ2v) is 8.45. The number of halogens is 2. The number of benzene rings is 2. The lowest BCUT2D eigenvalue weighted by atomic mass is 10.0. The van der Waals surface area contributed by atoms with E-state index < -0.39 is 6.04 Å². The molecule has 1 N–H and O–H groups in total. The van der Waals surface area contributed by atoms with Gasteiger partial charge in [-0.05, 0) is 55.5 Å². The standard InChI is InChI=1S/C24H30Cl2N2O2/c1-5-17(4)27-24(30)22(6-2)28(15-19-10-8-7-9-16(19)3)23(29)13-18-11-12-20(25)14-21(18)26/h7-12,14,17,22H,5-6,13,15H2,1-4H3,(H,27,30)/t17-,22+/m1/s1. The SMILES string of the molecule is CC[C@@H](C)NC(=O)[C@H](CC)N(Cc1ccccc1C)C(=O)Cc1ccc(Cl)cc1Cl. The Morgan fingerprint density at radius 3 is 2.33 bits per heavy atom. The maximum absolute atomic E-state index is 13.4. The molecular formula is C24H30Cl2N2O2. The van der Waals surface area contributed by atoms with Crippen LogP contribution in [-0.2, 0) is 22.6 Å². The van der Waals surface area contributed by atoms with E-state index in [0.29, 0.717) is 28.6 Å². The molecule has 0 aromatic heterocycles. The molecule has 2 rings (SSSR count). The van der Waals surface area contributed by atoms with Crippen LogP contribution in [0.1, 0.15) is 50.3 Å². The Kier molecular flexibility index (Phi) is 9.19. The molecule has 0 aliphatic carbocycles. The third-order valence-electron chi connectivity index (χ3n) is 5.35. The molecule has 2 atom stereocenters. The summed E-state index contributed by atoms with van der Waals surface area (Å²) < 4.78 is 0. The Balaban J connectivity index is 2.34. The Morgan fingerprint density at radius 2 is 1.73 bits per heavy atom. The molecule has 0 bridgehead atoms. The van der Waals surface area contributed by atoms with Gasteiger partial charge in [-0.25, -0.2) is 0 Å². The number of hydrogen-bond donors (Lipinski definition) is 1. The van der Waals surface area contributed by atoms with Crippen LogP contribution in [0, 0.1) is 6.92 Å². The zero-order valence-corrected chi connectivity index (χ0v) is 19.6. The van der Waals surface area contributed by atoms with Gasteiger partial charge < -0.3 is 10.2 Å². The summed E-state index contributed by atoms with van der Waals surface area (Å²) in [6.07, 6.45) is 1.46.